The molecule has 0 unspecified atom stereocenters. The Bertz CT molecular complexity index is 1120. The van der Waals surface area contributed by atoms with Crippen molar-refractivity contribution in [2.24, 2.45) is 0 Å². The summed E-state index contributed by atoms with van der Waals surface area (Å²) in [5.41, 5.74) is 10.7. The van der Waals surface area contributed by atoms with Crippen LogP contribution in [0.2, 0.25) is 5.02 Å². The van der Waals surface area contributed by atoms with Crippen LogP contribution in [-0.4, -0.2) is 42.0 Å². The molecule has 7 heteroatoms. The first-order chi connectivity index (χ1) is 15.1. The van der Waals surface area contributed by atoms with Crippen molar-refractivity contribution in [3.63, 3.8) is 0 Å². The van der Waals surface area contributed by atoms with Crippen LogP contribution in [0.5, 0.6) is 0 Å². The highest BCUT2D eigenvalue weighted by molar-refractivity contribution is 7.21. The van der Waals surface area contributed by atoms with E-state index in [1.807, 2.05) is 23.1 Å². The third kappa shape index (κ3) is 4.11. The predicted octanol–water partition coefficient (Wildman–Crippen LogP) is 5.15. The van der Waals surface area contributed by atoms with E-state index in [1.165, 1.54) is 48.3 Å². The van der Waals surface area contributed by atoms with Gasteiger partial charge in [0.1, 0.15) is 9.71 Å². The smallest absolute Gasteiger partial charge is 0.266 e. The summed E-state index contributed by atoms with van der Waals surface area (Å²) in [6.07, 6.45) is 7.03. The Morgan fingerprint density at radius 2 is 1.81 bits per heavy atom. The minimum Gasteiger partial charge on any atom is -0.397 e. The monoisotopic (exact) mass is 454 g/mol. The number of amides is 1. The van der Waals surface area contributed by atoms with E-state index in [4.69, 9.17) is 22.3 Å². The van der Waals surface area contributed by atoms with Gasteiger partial charge < -0.3 is 15.5 Å². The second-order valence-electron chi connectivity index (χ2n) is 8.47. The summed E-state index contributed by atoms with van der Waals surface area (Å²) >= 11 is 7.59. The number of benzene rings is 1. The number of piperazine rings is 1. The zero-order valence-corrected chi connectivity index (χ0v) is 19.1. The number of fused-ring (bicyclic) bond motifs is 2. The van der Waals surface area contributed by atoms with Gasteiger partial charge in [-0.15, -0.1) is 11.3 Å². The molecule has 2 aliphatic rings. The fourth-order valence-electron chi connectivity index (χ4n) is 4.66. The molecule has 3 heterocycles. The maximum atomic E-state index is 13.3. The number of thiophene rings is 1. The third-order valence-corrected chi connectivity index (χ3v) is 7.77. The molecule has 162 valence electrons. The van der Waals surface area contributed by atoms with Gasteiger partial charge in [0.15, 0.2) is 0 Å². The summed E-state index contributed by atoms with van der Waals surface area (Å²) < 4.78 is 0. The zero-order chi connectivity index (χ0) is 21.4. The van der Waals surface area contributed by atoms with Crippen LogP contribution in [0, 0.1) is 0 Å². The number of carbonyl (C=O) groups is 1. The fourth-order valence-corrected chi connectivity index (χ4v) is 5.90. The van der Waals surface area contributed by atoms with Gasteiger partial charge in [0.05, 0.1) is 5.69 Å². The molecule has 5 rings (SSSR count). The highest BCUT2D eigenvalue weighted by Gasteiger charge is 2.27. The van der Waals surface area contributed by atoms with Crippen LogP contribution >= 0.6 is 22.9 Å². The first-order valence-corrected chi connectivity index (χ1v) is 12.3. The van der Waals surface area contributed by atoms with Crippen LogP contribution in [0.15, 0.2) is 30.3 Å². The van der Waals surface area contributed by atoms with Crippen molar-refractivity contribution in [2.75, 3.05) is 36.8 Å². The van der Waals surface area contributed by atoms with Crippen molar-refractivity contribution in [3.05, 3.63) is 51.5 Å². The fraction of sp³-hybridized carbons (Fsp3) is 0.417. The average molecular weight is 455 g/mol. The number of hydrogen-bond acceptors (Lipinski definition) is 5. The molecular weight excluding hydrogens is 428 g/mol. The predicted molar refractivity (Wildman–Crippen MR) is 129 cm³/mol. The molecule has 5 nitrogen and oxygen atoms in total. The van der Waals surface area contributed by atoms with Crippen molar-refractivity contribution in [1.82, 2.24) is 9.88 Å². The minimum atomic E-state index is 0.0265. The summed E-state index contributed by atoms with van der Waals surface area (Å²) in [5.74, 6) is 0.0265. The van der Waals surface area contributed by atoms with Gasteiger partial charge in [-0.2, -0.15) is 0 Å². The molecule has 1 amide bonds. The number of hydrogen-bond donors (Lipinski definition) is 1. The van der Waals surface area contributed by atoms with Gasteiger partial charge in [-0.25, -0.2) is 4.98 Å². The van der Waals surface area contributed by atoms with E-state index in [0.29, 0.717) is 23.7 Å². The molecule has 2 aromatic heterocycles. The lowest BCUT2D eigenvalue weighted by atomic mass is 9.96. The molecule has 31 heavy (non-hydrogen) atoms. The van der Waals surface area contributed by atoms with Gasteiger partial charge in [-0.05, 0) is 55.5 Å². The first-order valence-electron chi connectivity index (χ1n) is 11.1. The number of nitrogens with zero attached hydrogens (tertiary/aromatic N) is 3. The lowest BCUT2D eigenvalue weighted by Gasteiger charge is -2.36. The number of aryl methyl sites for hydroxylation is 2. The molecule has 0 radical (unpaired) electrons. The van der Waals surface area contributed by atoms with E-state index in [2.05, 4.69) is 17.0 Å². The van der Waals surface area contributed by atoms with Crippen LogP contribution in [0.1, 0.15) is 46.6 Å². The second-order valence-corrected chi connectivity index (χ2v) is 9.90. The standard InChI is InChI=1S/C24H27ClN4OS/c25-17-7-5-8-18(15-17)28-10-12-29(13-11-28)24(30)22-21(26)19-14-16-6-3-1-2-4-9-20(16)27-23(19)31-22/h5,7-8,14-15H,1-4,6,9-13,26H2. The van der Waals surface area contributed by atoms with Crippen LogP contribution in [0.4, 0.5) is 11.4 Å². The normalized spacial score (nSPS) is 17.3. The van der Waals surface area contributed by atoms with Gasteiger partial charge in [-0.3, -0.25) is 4.79 Å². The number of nitrogen functional groups attached to an aromatic ring is 1. The Morgan fingerprint density at radius 3 is 2.58 bits per heavy atom. The Balaban J connectivity index is 1.35. The van der Waals surface area contributed by atoms with Crippen molar-refractivity contribution in [3.8, 4) is 0 Å². The molecule has 1 aromatic carbocycles. The molecule has 0 spiro atoms. The Morgan fingerprint density at radius 1 is 1.03 bits per heavy atom. The van der Waals surface area contributed by atoms with Gasteiger partial charge in [0.2, 0.25) is 0 Å². The average Bonchev–Trinajstić information content (AvgIpc) is 3.09. The van der Waals surface area contributed by atoms with E-state index >= 15 is 0 Å². The number of nitrogens with two attached hydrogens (primary N) is 1. The highest BCUT2D eigenvalue weighted by Crippen LogP contribution is 2.36. The molecule has 1 aliphatic heterocycles. The van der Waals surface area contributed by atoms with Gasteiger partial charge in [0, 0.05) is 48.0 Å². The summed E-state index contributed by atoms with van der Waals surface area (Å²) in [6.45, 7) is 2.90. The molecule has 0 bridgehead atoms. The van der Waals surface area contributed by atoms with E-state index in [0.717, 1.165) is 46.9 Å². The number of anilines is 2. The molecule has 2 N–H and O–H groups in total. The van der Waals surface area contributed by atoms with Gasteiger partial charge in [0.25, 0.3) is 5.91 Å². The quantitative estimate of drug-likeness (QED) is 0.581. The first kappa shape index (κ1) is 20.6. The number of pyridine rings is 1. The lowest BCUT2D eigenvalue weighted by Crippen LogP contribution is -2.48. The van der Waals surface area contributed by atoms with E-state index in [-0.39, 0.29) is 5.91 Å². The lowest BCUT2D eigenvalue weighted by molar-refractivity contribution is 0.0752. The molecule has 1 saturated heterocycles. The Kier molecular flexibility index (Phi) is 5.76. The summed E-state index contributed by atoms with van der Waals surface area (Å²) in [6, 6.07) is 10.1. The summed E-state index contributed by atoms with van der Waals surface area (Å²) in [7, 11) is 0. The van der Waals surface area contributed by atoms with Crippen molar-refractivity contribution in [1.29, 1.82) is 0 Å². The Labute approximate surface area is 191 Å². The van der Waals surface area contributed by atoms with E-state index in [9.17, 15) is 4.79 Å². The molecule has 0 atom stereocenters. The number of carbonyl (C=O) groups excluding carboxylic acids is 1. The van der Waals surface area contributed by atoms with E-state index < -0.39 is 0 Å². The third-order valence-electron chi connectivity index (χ3n) is 6.43. The summed E-state index contributed by atoms with van der Waals surface area (Å²) in [4.78, 5) is 24.0. The van der Waals surface area contributed by atoms with Gasteiger partial charge >= 0.3 is 0 Å². The SMILES string of the molecule is Nc1c(C(=O)N2CCN(c3cccc(Cl)c3)CC2)sc2nc3c(cc12)CCCCCC3. The van der Waals surface area contributed by atoms with Crippen molar-refractivity contribution >= 4 is 50.4 Å². The zero-order valence-electron chi connectivity index (χ0n) is 17.6. The van der Waals surface area contributed by atoms with Crippen LogP contribution < -0.4 is 10.6 Å². The maximum absolute atomic E-state index is 13.3. The Hall–Kier alpha value is -2.31. The van der Waals surface area contributed by atoms with Gasteiger partial charge in [-0.1, -0.05) is 30.5 Å². The largest absolute Gasteiger partial charge is 0.397 e. The molecule has 1 aliphatic carbocycles. The topological polar surface area (TPSA) is 62.5 Å². The second kappa shape index (κ2) is 8.67. The van der Waals surface area contributed by atoms with Crippen LogP contribution in [0.25, 0.3) is 10.2 Å². The molecular formula is C24H27ClN4OS. The van der Waals surface area contributed by atoms with Crippen LogP contribution in [-0.2, 0) is 12.8 Å². The number of halogens is 1. The minimum absolute atomic E-state index is 0.0265. The maximum Gasteiger partial charge on any atom is 0.266 e. The number of aromatic nitrogens is 1. The molecule has 3 aromatic rings. The number of rotatable bonds is 2. The van der Waals surface area contributed by atoms with Crippen LogP contribution in [0.3, 0.4) is 0 Å². The van der Waals surface area contributed by atoms with Crippen molar-refractivity contribution in [2.45, 2.75) is 38.5 Å². The summed E-state index contributed by atoms with van der Waals surface area (Å²) in [5, 5.41) is 1.68. The molecule has 1 fully saturated rings. The van der Waals surface area contributed by atoms with Crippen molar-refractivity contribution < 1.29 is 4.79 Å². The highest BCUT2D eigenvalue weighted by atomic mass is 35.5. The molecule has 0 saturated carbocycles. The van der Waals surface area contributed by atoms with E-state index in [1.54, 1.807) is 0 Å².